The number of alkyl halides is 3. The minimum atomic E-state index is -5.08. The molecule has 1 aromatic carbocycles. The fourth-order valence-electron chi connectivity index (χ4n) is 3.41. The number of nitrogens with zero attached hydrogens (tertiary/aromatic N) is 1. The topological polar surface area (TPSA) is 142 Å². The lowest BCUT2D eigenvalue weighted by molar-refractivity contribution is -0.192. The van der Waals surface area contributed by atoms with Gasteiger partial charge in [0.15, 0.2) is 6.10 Å². The van der Waals surface area contributed by atoms with E-state index in [1.807, 2.05) is 0 Å². The number of phenolic OH excluding ortho intramolecular Hbond substituents is 1. The van der Waals surface area contributed by atoms with Crippen molar-refractivity contribution in [2.75, 3.05) is 26.2 Å². The van der Waals surface area contributed by atoms with Crippen LogP contribution >= 0.6 is 23.2 Å². The van der Waals surface area contributed by atoms with E-state index in [4.69, 9.17) is 43.6 Å². The summed E-state index contributed by atoms with van der Waals surface area (Å²) in [5.74, 6) is -2.95. The fraction of sp³-hybridized carbons (Fsp3) is 0.526. The summed E-state index contributed by atoms with van der Waals surface area (Å²) in [5, 5.41) is 20.5. The van der Waals surface area contributed by atoms with Crippen molar-refractivity contribution >= 4 is 41.0 Å². The summed E-state index contributed by atoms with van der Waals surface area (Å²) in [6, 6.07) is 2.60. The second kappa shape index (κ2) is 11.2. The van der Waals surface area contributed by atoms with Crippen LogP contribution in [-0.4, -0.2) is 71.4 Å². The lowest BCUT2D eigenvalue weighted by Gasteiger charge is -2.37. The summed E-state index contributed by atoms with van der Waals surface area (Å²) in [6.45, 7) is 1.21. The van der Waals surface area contributed by atoms with Crippen molar-refractivity contribution in [3.63, 3.8) is 0 Å². The average Bonchev–Trinajstić information content (AvgIpc) is 2.76. The van der Waals surface area contributed by atoms with E-state index < -0.39 is 24.3 Å². The van der Waals surface area contributed by atoms with Gasteiger partial charge in [-0.05, 0) is 24.8 Å². The van der Waals surface area contributed by atoms with Crippen LogP contribution in [0.25, 0.3) is 0 Å². The van der Waals surface area contributed by atoms with Crippen LogP contribution < -0.4 is 11.1 Å². The van der Waals surface area contributed by atoms with E-state index in [0.717, 1.165) is 0 Å². The third-order valence-corrected chi connectivity index (χ3v) is 5.93. The van der Waals surface area contributed by atoms with Gasteiger partial charge in [-0.3, -0.25) is 9.59 Å². The Balaban J connectivity index is 0.000000479. The molecule has 2 amide bonds. The van der Waals surface area contributed by atoms with E-state index in [2.05, 4.69) is 5.32 Å². The molecule has 1 unspecified atom stereocenters. The highest BCUT2D eigenvalue weighted by molar-refractivity contribution is 6.42. The molecule has 2 atom stereocenters. The Labute approximate surface area is 196 Å². The number of hydrogen-bond acceptors (Lipinski definition) is 6. The third-order valence-electron chi connectivity index (χ3n) is 5.21. The van der Waals surface area contributed by atoms with E-state index >= 15 is 0 Å². The summed E-state index contributed by atoms with van der Waals surface area (Å²) in [6.07, 6.45) is -4.31. The number of likely N-dealkylation sites (tertiary alicyclic amines) is 1. The van der Waals surface area contributed by atoms with Crippen LogP contribution in [-0.2, 0) is 19.1 Å². The molecule has 2 aliphatic heterocycles. The van der Waals surface area contributed by atoms with Crippen LogP contribution in [0.4, 0.5) is 13.2 Å². The van der Waals surface area contributed by atoms with Gasteiger partial charge in [0.2, 0.25) is 5.91 Å². The first kappa shape index (κ1) is 27.0. The fourth-order valence-corrected chi connectivity index (χ4v) is 3.74. The number of hydrogen-bond donors (Lipinski definition) is 4. The second-order valence-corrected chi connectivity index (χ2v) is 8.23. The minimum Gasteiger partial charge on any atom is -0.508 e. The Hall–Kier alpha value is -2.28. The number of phenols is 1. The van der Waals surface area contributed by atoms with Crippen molar-refractivity contribution in [1.29, 1.82) is 0 Å². The lowest BCUT2D eigenvalue weighted by Crippen LogP contribution is -2.53. The van der Waals surface area contributed by atoms with Crippen molar-refractivity contribution in [2.24, 2.45) is 11.7 Å². The Morgan fingerprint density at radius 2 is 1.76 bits per heavy atom. The zero-order valence-electron chi connectivity index (χ0n) is 17.1. The summed E-state index contributed by atoms with van der Waals surface area (Å²) >= 11 is 11.9. The number of carbonyl (C=O) groups excluding carboxylic acids is 2. The molecule has 0 spiro atoms. The number of carboxylic acid groups (broad SMARTS) is 1. The van der Waals surface area contributed by atoms with E-state index in [1.54, 1.807) is 11.0 Å². The van der Waals surface area contributed by atoms with Crippen LogP contribution in [0.15, 0.2) is 12.1 Å². The van der Waals surface area contributed by atoms with Gasteiger partial charge in [0.1, 0.15) is 12.4 Å². The van der Waals surface area contributed by atoms with Gasteiger partial charge >= 0.3 is 12.1 Å². The summed E-state index contributed by atoms with van der Waals surface area (Å²) in [5.41, 5.74) is 6.89. The van der Waals surface area contributed by atoms with Crippen molar-refractivity contribution in [2.45, 2.75) is 31.2 Å². The first-order chi connectivity index (χ1) is 15.3. The van der Waals surface area contributed by atoms with E-state index in [0.29, 0.717) is 36.5 Å². The predicted molar refractivity (Wildman–Crippen MR) is 111 cm³/mol. The van der Waals surface area contributed by atoms with Crippen LogP contribution in [0.3, 0.4) is 0 Å². The molecule has 5 N–H and O–H groups in total. The number of rotatable bonds is 3. The number of benzene rings is 1. The van der Waals surface area contributed by atoms with Gasteiger partial charge in [0.25, 0.3) is 5.91 Å². The molecule has 14 heteroatoms. The standard InChI is InChI=1S/C17H21Cl2N3O4.C2HF3O2/c18-11-5-10(13(23)6-12(11)19)16(20)9-1-3-22(4-2-9)17(25)14-7-21-15(24)8-26-14;3-2(4,5)1(6)7/h5-6,9,14,16,23H,1-4,7-8,20H2,(H,21,24);(H,6,7)/t14-,16?;/m0./s1. The molecule has 184 valence electrons. The van der Waals surface area contributed by atoms with Crippen LogP contribution in [0.5, 0.6) is 5.75 Å². The lowest BCUT2D eigenvalue weighted by atomic mass is 9.85. The van der Waals surface area contributed by atoms with Gasteiger partial charge in [-0.2, -0.15) is 13.2 Å². The average molecular weight is 516 g/mol. The Morgan fingerprint density at radius 1 is 1.21 bits per heavy atom. The van der Waals surface area contributed by atoms with Gasteiger partial charge in [0, 0.05) is 30.8 Å². The highest BCUT2D eigenvalue weighted by Crippen LogP contribution is 2.37. The van der Waals surface area contributed by atoms with Gasteiger partial charge in [-0.15, -0.1) is 0 Å². The summed E-state index contributed by atoms with van der Waals surface area (Å²) in [7, 11) is 0. The number of ether oxygens (including phenoxy) is 1. The predicted octanol–water partition coefficient (Wildman–Crippen LogP) is 2.09. The van der Waals surface area contributed by atoms with Gasteiger partial charge in [-0.25, -0.2) is 4.79 Å². The first-order valence-electron chi connectivity index (χ1n) is 9.72. The normalized spacial score (nSPS) is 20.4. The maximum atomic E-state index is 12.5. The maximum Gasteiger partial charge on any atom is 0.490 e. The number of aromatic hydroxyl groups is 1. The van der Waals surface area contributed by atoms with Crippen molar-refractivity contribution < 1.29 is 42.5 Å². The molecule has 9 nitrogen and oxygen atoms in total. The number of halogens is 5. The molecule has 1 aromatic rings. The molecule has 0 saturated carbocycles. The molecule has 0 aromatic heterocycles. The van der Waals surface area contributed by atoms with Gasteiger partial charge in [0.05, 0.1) is 16.6 Å². The minimum absolute atomic E-state index is 0.0248. The first-order valence-corrected chi connectivity index (χ1v) is 10.5. The monoisotopic (exact) mass is 515 g/mol. The third kappa shape index (κ3) is 7.36. The molecule has 33 heavy (non-hydrogen) atoms. The molecular formula is C19H22Cl2F3N3O6. The smallest absolute Gasteiger partial charge is 0.490 e. The number of piperidine rings is 1. The molecule has 2 saturated heterocycles. The van der Waals surface area contributed by atoms with Crippen LogP contribution in [0, 0.1) is 5.92 Å². The van der Waals surface area contributed by atoms with Gasteiger partial charge < -0.3 is 30.9 Å². The summed E-state index contributed by atoms with van der Waals surface area (Å²) in [4.78, 5) is 34.2. The summed E-state index contributed by atoms with van der Waals surface area (Å²) < 4.78 is 37.0. The van der Waals surface area contributed by atoms with Crippen molar-refractivity contribution in [3.05, 3.63) is 27.7 Å². The zero-order chi connectivity index (χ0) is 24.9. The Bertz CT molecular complexity index is 884. The number of morpholine rings is 1. The second-order valence-electron chi connectivity index (χ2n) is 7.42. The Kier molecular flexibility index (Phi) is 9.18. The van der Waals surface area contributed by atoms with Crippen LogP contribution in [0.1, 0.15) is 24.4 Å². The molecule has 2 aliphatic rings. The molecular weight excluding hydrogens is 494 g/mol. The SMILES string of the molecule is NC(c1cc(Cl)c(Cl)cc1O)C1CCN(C(=O)[C@@H]2CNC(=O)CO2)CC1.O=C(O)C(F)(F)F. The number of carboxylic acids is 1. The number of nitrogens with one attached hydrogen (secondary N) is 1. The largest absolute Gasteiger partial charge is 0.508 e. The van der Waals surface area contributed by atoms with E-state index in [1.165, 1.54) is 6.07 Å². The highest BCUT2D eigenvalue weighted by Gasteiger charge is 2.38. The number of amides is 2. The van der Waals surface area contributed by atoms with Crippen molar-refractivity contribution in [1.82, 2.24) is 10.2 Å². The number of carbonyl (C=O) groups is 3. The van der Waals surface area contributed by atoms with E-state index in [-0.39, 0.29) is 41.7 Å². The molecule has 2 fully saturated rings. The highest BCUT2D eigenvalue weighted by atomic mass is 35.5. The molecule has 0 aliphatic carbocycles. The molecule has 0 bridgehead atoms. The van der Waals surface area contributed by atoms with Crippen molar-refractivity contribution in [3.8, 4) is 5.75 Å². The molecule has 3 rings (SSSR count). The molecule has 0 radical (unpaired) electrons. The number of aliphatic carboxylic acids is 1. The maximum absolute atomic E-state index is 12.5. The molecule has 2 heterocycles. The Morgan fingerprint density at radius 3 is 2.24 bits per heavy atom. The van der Waals surface area contributed by atoms with Gasteiger partial charge in [-0.1, -0.05) is 23.2 Å². The van der Waals surface area contributed by atoms with Crippen LogP contribution in [0.2, 0.25) is 10.0 Å². The zero-order valence-corrected chi connectivity index (χ0v) is 18.6. The quantitative estimate of drug-likeness (QED) is 0.482. The van der Waals surface area contributed by atoms with E-state index in [9.17, 15) is 27.9 Å². The number of nitrogens with two attached hydrogens (primary N) is 1.